The third kappa shape index (κ3) is 6.01. The summed E-state index contributed by atoms with van der Waals surface area (Å²) in [7, 11) is 0. The fraction of sp³-hybridized carbons (Fsp3) is 0.588. The van der Waals surface area contributed by atoms with E-state index < -0.39 is 6.10 Å². The zero-order valence-corrected chi connectivity index (χ0v) is 14.7. The van der Waals surface area contributed by atoms with E-state index in [1.807, 2.05) is 31.2 Å². The van der Waals surface area contributed by atoms with E-state index in [2.05, 4.69) is 24.5 Å². The summed E-state index contributed by atoms with van der Waals surface area (Å²) in [5.41, 5.74) is 1.03. The van der Waals surface area contributed by atoms with Crippen molar-refractivity contribution in [3.05, 3.63) is 29.8 Å². The molecule has 1 fully saturated rings. The topological polar surface area (TPSA) is 70.6 Å². The van der Waals surface area contributed by atoms with E-state index >= 15 is 0 Å². The SMILES string of the molecule is CC(C)COc1ccc(C(C)NC(=O)C2CC(O)CN2)cc1.Cl. The van der Waals surface area contributed by atoms with Crippen LogP contribution in [0, 0.1) is 5.92 Å². The highest BCUT2D eigenvalue weighted by Gasteiger charge is 2.28. The minimum atomic E-state index is -0.427. The Balaban J connectivity index is 0.00000264. The van der Waals surface area contributed by atoms with Gasteiger partial charge in [-0.15, -0.1) is 12.4 Å². The molecule has 0 aliphatic carbocycles. The van der Waals surface area contributed by atoms with Crippen LogP contribution in [0.15, 0.2) is 24.3 Å². The molecule has 1 aromatic rings. The van der Waals surface area contributed by atoms with Crippen molar-refractivity contribution in [2.24, 2.45) is 5.92 Å². The summed E-state index contributed by atoms with van der Waals surface area (Å²) in [6.45, 7) is 7.35. The molecule has 130 valence electrons. The molecule has 3 unspecified atom stereocenters. The van der Waals surface area contributed by atoms with E-state index in [1.165, 1.54) is 0 Å². The Hall–Kier alpha value is -1.30. The molecule has 23 heavy (non-hydrogen) atoms. The zero-order chi connectivity index (χ0) is 16.1. The maximum atomic E-state index is 12.1. The van der Waals surface area contributed by atoms with Crippen LogP contribution in [0.3, 0.4) is 0 Å². The number of hydrogen-bond acceptors (Lipinski definition) is 4. The van der Waals surface area contributed by atoms with Gasteiger partial charge in [-0.1, -0.05) is 26.0 Å². The Kier molecular flexibility index (Phi) is 7.82. The number of carbonyl (C=O) groups is 1. The van der Waals surface area contributed by atoms with E-state index in [0.29, 0.717) is 25.5 Å². The molecule has 5 nitrogen and oxygen atoms in total. The number of rotatable bonds is 6. The summed E-state index contributed by atoms with van der Waals surface area (Å²) in [5.74, 6) is 1.27. The molecule has 0 radical (unpaired) electrons. The maximum absolute atomic E-state index is 12.1. The molecule has 1 aliphatic rings. The van der Waals surface area contributed by atoms with E-state index in [4.69, 9.17) is 4.74 Å². The van der Waals surface area contributed by atoms with Gasteiger partial charge in [-0.3, -0.25) is 4.79 Å². The second-order valence-electron chi connectivity index (χ2n) is 6.35. The second kappa shape index (κ2) is 9.11. The van der Waals surface area contributed by atoms with Gasteiger partial charge in [0.25, 0.3) is 0 Å². The molecule has 0 aromatic heterocycles. The van der Waals surface area contributed by atoms with E-state index in [1.54, 1.807) is 0 Å². The molecule has 6 heteroatoms. The number of carbonyl (C=O) groups excluding carboxylic acids is 1. The fourth-order valence-electron chi connectivity index (χ4n) is 2.43. The number of amides is 1. The van der Waals surface area contributed by atoms with Gasteiger partial charge in [0.15, 0.2) is 0 Å². The number of β-amino-alcohol motifs (C(OH)–C–C–N with tert-alkyl or cyclic N) is 1. The average molecular weight is 343 g/mol. The molecule has 0 saturated carbocycles. The first kappa shape index (κ1) is 19.7. The summed E-state index contributed by atoms with van der Waals surface area (Å²) < 4.78 is 5.65. The predicted octanol–water partition coefficient (Wildman–Crippen LogP) is 2.04. The number of halogens is 1. The van der Waals surface area contributed by atoms with Gasteiger partial charge < -0.3 is 20.5 Å². The molecular formula is C17H27ClN2O3. The molecule has 3 N–H and O–H groups in total. The lowest BCUT2D eigenvalue weighted by Crippen LogP contribution is -2.41. The third-order valence-corrected chi connectivity index (χ3v) is 3.75. The largest absolute Gasteiger partial charge is 0.493 e. The standard InChI is InChI=1S/C17H26N2O3.ClH/c1-11(2)10-22-15-6-4-13(5-7-15)12(3)19-17(21)16-8-14(20)9-18-16;/h4-7,11-12,14,16,18,20H,8-10H2,1-3H3,(H,19,21);1H. The van der Waals surface area contributed by atoms with Crippen molar-refractivity contribution >= 4 is 18.3 Å². The maximum Gasteiger partial charge on any atom is 0.237 e. The van der Waals surface area contributed by atoms with Crippen LogP contribution in [-0.4, -0.2) is 36.3 Å². The third-order valence-electron chi connectivity index (χ3n) is 3.75. The van der Waals surface area contributed by atoms with Crippen LogP contribution in [0.2, 0.25) is 0 Å². The second-order valence-corrected chi connectivity index (χ2v) is 6.35. The smallest absolute Gasteiger partial charge is 0.237 e. The highest BCUT2D eigenvalue weighted by atomic mass is 35.5. The Labute approximate surface area is 144 Å². The summed E-state index contributed by atoms with van der Waals surface area (Å²) in [6.07, 6.45) is 0.0454. The summed E-state index contributed by atoms with van der Waals surface area (Å²) in [4.78, 5) is 12.1. The van der Waals surface area contributed by atoms with Crippen LogP contribution in [0.25, 0.3) is 0 Å². The first-order valence-corrected chi connectivity index (χ1v) is 7.90. The Morgan fingerprint density at radius 2 is 2.00 bits per heavy atom. The van der Waals surface area contributed by atoms with Crippen LogP contribution in [0.5, 0.6) is 5.75 Å². The predicted molar refractivity (Wildman–Crippen MR) is 93.0 cm³/mol. The number of ether oxygens (including phenoxy) is 1. The molecule has 1 saturated heterocycles. The molecule has 1 aromatic carbocycles. The summed E-state index contributed by atoms with van der Waals surface area (Å²) in [5, 5.41) is 15.5. The molecule has 2 rings (SSSR count). The Morgan fingerprint density at radius 1 is 1.35 bits per heavy atom. The lowest BCUT2D eigenvalue weighted by atomic mass is 10.1. The van der Waals surface area contributed by atoms with Crippen molar-refractivity contribution in [1.29, 1.82) is 0 Å². The average Bonchev–Trinajstić information content (AvgIpc) is 2.92. The first-order chi connectivity index (χ1) is 10.5. The van der Waals surface area contributed by atoms with Crippen LogP contribution < -0.4 is 15.4 Å². The number of aliphatic hydroxyl groups is 1. The van der Waals surface area contributed by atoms with E-state index in [9.17, 15) is 9.90 Å². The lowest BCUT2D eigenvalue weighted by molar-refractivity contribution is -0.123. The van der Waals surface area contributed by atoms with Gasteiger partial charge in [0.1, 0.15) is 5.75 Å². The monoisotopic (exact) mass is 342 g/mol. The van der Waals surface area contributed by atoms with Crippen molar-refractivity contribution in [3.8, 4) is 5.75 Å². The molecule has 1 amide bonds. The van der Waals surface area contributed by atoms with Gasteiger partial charge in [-0.05, 0) is 37.0 Å². The fourth-order valence-corrected chi connectivity index (χ4v) is 2.43. The van der Waals surface area contributed by atoms with Crippen molar-refractivity contribution < 1.29 is 14.6 Å². The van der Waals surface area contributed by atoms with Gasteiger partial charge in [0, 0.05) is 6.54 Å². The number of hydrogen-bond donors (Lipinski definition) is 3. The van der Waals surface area contributed by atoms with Crippen LogP contribution in [-0.2, 0) is 4.79 Å². The van der Waals surface area contributed by atoms with E-state index in [-0.39, 0.29) is 30.4 Å². The van der Waals surface area contributed by atoms with Gasteiger partial charge >= 0.3 is 0 Å². The lowest BCUT2D eigenvalue weighted by Gasteiger charge is -2.18. The van der Waals surface area contributed by atoms with Crippen molar-refractivity contribution in [2.75, 3.05) is 13.2 Å². The summed E-state index contributed by atoms with van der Waals surface area (Å²) in [6, 6.07) is 7.42. The molecule has 1 heterocycles. The first-order valence-electron chi connectivity index (χ1n) is 7.90. The van der Waals surface area contributed by atoms with Gasteiger partial charge in [-0.25, -0.2) is 0 Å². The highest BCUT2D eigenvalue weighted by molar-refractivity contribution is 5.85. The van der Waals surface area contributed by atoms with Crippen LogP contribution in [0.1, 0.15) is 38.8 Å². The van der Waals surface area contributed by atoms with Crippen LogP contribution >= 0.6 is 12.4 Å². The van der Waals surface area contributed by atoms with E-state index in [0.717, 1.165) is 11.3 Å². The van der Waals surface area contributed by atoms with Crippen LogP contribution in [0.4, 0.5) is 0 Å². The molecule has 0 bridgehead atoms. The Bertz CT molecular complexity index is 493. The summed E-state index contributed by atoms with van der Waals surface area (Å²) >= 11 is 0. The highest BCUT2D eigenvalue weighted by Crippen LogP contribution is 2.19. The molecule has 0 spiro atoms. The van der Waals surface area contributed by atoms with Crippen molar-refractivity contribution in [3.63, 3.8) is 0 Å². The Morgan fingerprint density at radius 3 is 2.52 bits per heavy atom. The number of nitrogens with one attached hydrogen (secondary N) is 2. The zero-order valence-electron chi connectivity index (χ0n) is 13.9. The normalized spacial score (nSPS) is 21.6. The van der Waals surface area contributed by atoms with Gasteiger partial charge in [0.2, 0.25) is 5.91 Å². The minimum absolute atomic E-state index is 0. The quantitative estimate of drug-likeness (QED) is 0.740. The van der Waals surface area contributed by atoms with Gasteiger partial charge in [0.05, 0.1) is 24.8 Å². The molecular weight excluding hydrogens is 316 g/mol. The number of aliphatic hydroxyl groups excluding tert-OH is 1. The van der Waals surface area contributed by atoms with Crippen molar-refractivity contribution in [1.82, 2.24) is 10.6 Å². The van der Waals surface area contributed by atoms with Crippen molar-refractivity contribution in [2.45, 2.75) is 45.4 Å². The minimum Gasteiger partial charge on any atom is -0.493 e. The molecule has 3 atom stereocenters. The number of benzene rings is 1. The molecule has 1 aliphatic heterocycles. The van der Waals surface area contributed by atoms with Gasteiger partial charge in [-0.2, -0.15) is 0 Å².